The molecule has 3 unspecified atom stereocenters. The first-order valence-corrected chi connectivity index (χ1v) is 7.07. The van der Waals surface area contributed by atoms with Crippen LogP contribution in [0.5, 0.6) is 0 Å². The van der Waals surface area contributed by atoms with Gasteiger partial charge in [-0.15, -0.1) is 0 Å². The van der Waals surface area contributed by atoms with Gasteiger partial charge in [0.05, 0.1) is 6.04 Å². The lowest BCUT2D eigenvalue weighted by Crippen LogP contribution is -2.50. The van der Waals surface area contributed by atoms with E-state index in [0.717, 1.165) is 12.8 Å². The number of nitrogens with one attached hydrogen (secondary N) is 2. The molecule has 3 amide bonds. The van der Waals surface area contributed by atoms with Crippen LogP contribution in [0.3, 0.4) is 0 Å². The van der Waals surface area contributed by atoms with Crippen molar-refractivity contribution in [3.05, 3.63) is 0 Å². The molecule has 2 rings (SSSR count). The summed E-state index contributed by atoms with van der Waals surface area (Å²) in [4.78, 5) is 36.0. The highest BCUT2D eigenvalue weighted by Gasteiger charge is 2.35. The van der Waals surface area contributed by atoms with E-state index >= 15 is 0 Å². The van der Waals surface area contributed by atoms with Crippen molar-refractivity contribution < 1.29 is 19.5 Å². The molecule has 2 aliphatic rings. The van der Waals surface area contributed by atoms with E-state index in [4.69, 9.17) is 0 Å². The summed E-state index contributed by atoms with van der Waals surface area (Å²) in [5.41, 5.74) is 0. The first-order valence-electron chi connectivity index (χ1n) is 7.07. The molecular weight excluding hydrogens is 262 g/mol. The molecule has 2 aliphatic heterocycles. The molecule has 112 valence electrons. The van der Waals surface area contributed by atoms with Gasteiger partial charge in [-0.25, -0.2) is 0 Å². The van der Waals surface area contributed by atoms with Crippen molar-refractivity contribution in [1.82, 2.24) is 15.5 Å². The Balaban J connectivity index is 1.96. The Kier molecular flexibility index (Phi) is 4.94. The minimum Gasteiger partial charge on any atom is -0.381 e. The van der Waals surface area contributed by atoms with E-state index in [1.165, 1.54) is 0 Å². The molecule has 3 N–H and O–H groups in total. The van der Waals surface area contributed by atoms with Crippen molar-refractivity contribution >= 4 is 18.2 Å². The number of rotatable bonds is 6. The van der Waals surface area contributed by atoms with Gasteiger partial charge in [0.25, 0.3) is 5.91 Å². The van der Waals surface area contributed by atoms with Crippen LogP contribution in [0, 0.1) is 5.92 Å². The van der Waals surface area contributed by atoms with Crippen LogP contribution in [0.15, 0.2) is 0 Å². The van der Waals surface area contributed by atoms with Crippen LogP contribution in [0.1, 0.15) is 25.7 Å². The summed E-state index contributed by atoms with van der Waals surface area (Å²) in [5, 5.41) is 15.4. The highest BCUT2D eigenvalue weighted by atomic mass is 16.3. The predicted octanol–water partition coefficient (Wildman–Crippen LogP) is -1.39. The highest BCUT2D eigenvalue weighted by molar-refractivity contribution is 5.83. The van der Waals surface area contributed by atoms with Gasteiger partial charge in [-0.2, -0.15) is 0 Å². The van der Waals surface area contributed by atoms with Gasteiger partial charge in [0.2, 0.25) is 12.3 Å². The number of hydrogen-bond donors (Lipinski definition) is 3. The molecule has 7 heteroatoms. The molecule has 0 spiro atoms. The Labute approximate surface area is 117 Å². The third-order valence-corrected chi connectivity index (χ3v) is 4.04. The predicted molar refractivity (Wildman–Crippen MR) is 70.5 cm³/mol. The lowest BCUT2D eigenvalue weighted by molar-refractivity contribution is -0.141. The smallest absolute Gasteiger partial charge is 0.253 e. The second kappa shape index (κ2) is 6.69. The molecule has 0 aromatic rings. The van der Waals surface area contributed by atoms with E-state index in [0.29, 0.717) is 32.5 Å². The average Bonchev–Trinajstić information content (AvgIpc) is 3.09. The van der Waals surface area contributed by atoms with Crippen molar-refractivity contribution in [2.75, 3.05) is 19.6 Å². The molecular formula is C13H21N3O4. The Morgan fingerprint density at radius 3 is 2.75 bits per heavy atom. The van der Waals surface area contributed by atoms with Gasteiger partial charge in [0.15, 0.2) is 6.10 Å². The fraction of sp³-hybridized carbons (Fsp3) is 0.769. The number of aliphatic hydroxyl groups is 1. The fourth-order valence-corrected chi connectivity index (χ4v) is 2.85. The van der Waals surface area contributed by atoms with Gasteiger partial charge >= 0.3 is 0 Å². The largest absolute Gasteiger partial charge is 0.381 e. The van der Waals surface area contributed by atoms with Crippen molar-refractivity contribution in [3.63, 3.8) is 0 Å². The average molecular weight is 283 g/mol. The fourth-order valence-electron chi connectivity index (χ4n) is 2.85. The number of carbonyl (C=O) groups is 3. The van der Waals surface area contributed by atoms with E-state index in [9.17, 15) is 19.5 Å². The van der Waals surface area contributed by atoms with Gasteiger partial charge in [-0.1, -0.05) is 0 Å². The van der Waals surface area contributed by atoms with Crippen molar-refractivity contribution in [2.24, 2.45) is 5.92 Å². The van der Waals surface area contributed by atoms with Crippen LogP contribution in [0.25, 0.3) is 0 Å². The number of carbonyl (C=O) groups excluding carboxylic acids is 3. The number of hydrogen-bond acceptors (Lipinski definition) is 4. The normalized spacial score (nSPS) is 25.1. The molecule has 7 nitrogen and oxygen atoms in total. The summed E-state index contributed by atoms with van der Waals surface area (Å²) in [5.74, 6) is -0.697. The van der Waals surface area contributed by atoms with Crippen molar-refractivity contribution in [2.45, 2.75) is 37.8 Å². The Hall–Kier alpha value is -1.63. The minimum absolute atomic E-state index is 0.0801. The summed E-state index contributed by atoms with van der Waals surface area (Å²) in [7, 11) is 0. The molecule has 20 heavy (non-hydrogen) atoms. The lowest BCUT2D eigenvalue weighted by Gasteiger charge is -2.27. The zero-order valence-electron chi connectivity index (χ0n) is 11.4. The van der Waals surface area contributed by atoms with Gasteiger partial charge < -0.3 is 20.6 Å². The minimum atomic E-state index is -1.29. The summed E-state index contributed by atoms with van der Waals surface area (Å²) in [6.45, 7) is 1.90. The van der Waals surface area contributed by atoms with Gasteiger partial charge in [0, 0.05) is 25.6 Å². The molecule has 2 fully saturated rings. The third-order valence-electron chi connectivity index (χ3n) is 4.04. The van der Waals surface area contributed by atoms with Crippen LogP contribution in [-0.2, 0) is 14.4 Å². The summed E-state index contributed by atoms with van der Waals surface area (Å²) < 4.78 is 0. The second-order valence-electron chi connectivity index (χ2n) is 5.38. The van der Waals surface area contributed by atoms with Crippen LogP contribution in [0.2, 0.25) is 0 Å². The summed E-state index contributed by atoms with van der Waals surface area (Å²) in [6.07, 6.45) is 2.01. The molecule has 0 saturated carbocycles. The van der Waals surface area contributed by atoms with Crippen molar-refractivity contribution in [1.29, 1.82) is 0 Å². The zero-order chi connectivity index (χ0) is 14.5. The lowest BCUT2D eigenvalue weighted by atomic mass is 9.94. The van der Waals surface area contributed by atoms with Crippen LogP contribution in [-0.4, -0.2) is 60.0 Å². The molecule has 0 radical (unpaired) electrons. The Morgan fingerprint density at radius 1 is 1.50 bits per heavy atom. The Morgan fingerprint density at radius 2 is 2.20 bits per heavy atom. The molecule has 0 bridgehead atoms. The molecule has 2 saturated heterocycles. The van der Waals surface area contributed by atoms with Crippen LogP contribution < -0.4 is 10.6 Å². The van der Waals surface area contributed by atoms with E-state index < -0.39 is 12.1 Å². The van der Waals surface area contributed by atoms with E-state index in [1.54, 1.807) is 4.90 Å². The standard InChI is InChI=1S/C13H21N3O4/c17-8-15-10(7-9-3-4-14-12(9)19)11(18)13(20)16-5-1-2-6-16/h8-11,18H,1-7H2,(H,14,19)(H,15,17). The maximum absolute atomic E-state index is 12.1. The first kappa shape index (κ1) is 14.8. The maximum Gasteiger partial charge on any atom is 0.253 e. The molecule has 3 atom stereocenters. The highest BCUT2D eigenvalue weighted by Crippen LogP contribution is 2.19. The number of likely N-dealkylation sites (tertiary alicyclic amines) is 1. The maximum atomic E-state index is 12.1. The van der Waals surface area contributed by atoms with Crippen LogP contribution in [0.4, 0.5) is 0 Å². The molecule has 0 aromatic heterocycles. The second-order valence-corrected chi connectivity index (χ2v) is 5.38. The molecule has 2 heterocycles. The monoisotopic (exact) mass is 283 g/mol. The summed E-state index contributed by atoms with van der Waals surface area (Å²) in [6, 6.07) is -0.713. The zero-order valence-corrected chi connectivity index (χ0v) is 11.4. The van der Waals surface area contributed by atoms with E-state index in [1.807, 2.05) is 0 Å². The first-order chi connectivity index (χ1) is 9.63. The number of nitrogens with zero attached hydrogens (tertiary/aromatic N) is 1. The number of amides is 3. The quantitative estimate of drug-likeness (QED) is 0.523. The topological polar surface area (TPSA) is 98.7 Å². The van der Waals surface area contributed by atoms with Crippen molar-refractivity contribution in [3.8, 4) is 0 Å². The Bertz CT molecular complexity index is 382. The number of aliphatic hydroxyl groups excluding tert-OH is 1. The third kappa shape index (κ3) is 3.27. The molecule has 0 aromatic carbocycles. The van der Waals surface area contributed by atoms with Gasteiger partial charge in [-0.05, 0) is 25.7 Å². The van der Waals surface area contributed by atoms with Gasteiger partial charge in [0.1, 0.15) is 0 Å². The van der Waals surface area contributed by atoms with E-state index in [2.05, 4.69) is 10.6 Å². The van der Waals surface area contributed by atoms with E-state index in [-0.39, 0.29) is 24.2 Å². The SMILES string of the molecule is O=CNC(CC1CCNC1=O)C(O)C(=O)N1CCCC1. The molecule has 0 aliphatic carbocycles. The van der Waals surface area contributed by atoms with Gasteiger partial charge in [-0.3, -0.25) is 14.4 Å². The van der Waals surface area contributed by atoms with Crippen LogP contribution >= 0.6 is 0 Å². The summed E-state index contributed by atoms with van der Waals surface area (Å²) >= 11 is 0.